The highest BCUT2D eigenvalue weighted by atomic mass is 16.5. The Labute approximate surface area is 139 Å². The largest absolute Gasteiger partial charge is 0.367 e. The van der Waals surface area contributed by atoms with Crippen molar-refractivity contribution in [2.45, 2.75) is 13.0 Å². The van der Waals surface area contributed by atoms with Crippen LogP contribution in [0, 0.1) is 6.92 Å². The summed E-state index contributed by atoms with van der Waals surface area (Å²) >= 11 is 0. The summed E-state index contributed by atoms with van der Waals surface area (Å²) in [6.07, 6.45) is 1.54. The maximum atomic E-state index is 12.8. The van der Waals surface area contributed by atoms with E-state index in [0.29, 0.717) is 25.4 Å². The van der Waals surface area contributed by atoms with E-state index in [1.54, 1.807) is 17.2 Å². The van der Waals surface area contributed by atoms with Gasteiger partial charge in [0.15, 0.2) is 0 Å². The van der Waals surface area contributed by atoms with Crippen LogP contribution in [0.2, 0.25) is 0 Å². The van der Waals surface area contributed by atoms with Crippen molar-refractivity contribution >= 4 is 16.8 Å². The van der Waals surface area contributed by atoms with Gasteiger partial charge >= 0.3 is 0 Å². The Morgan fingerprint density at radius 3 is 3.00 bits per heavy atom. The predicted octanol–water partition coefficient (Wildman–Crippen LogP) is 2.48. The Kier molecular flexibility index (Phi) is 3.74. The van der Waals surface area contributed by atoms with Crippen LogP contribution in [0.25, 0.3) is 10.9 Å². The number of hydrogen-bond acceptors (Lipinski definition) is 4. The van der Waals surface area contributed by atoms with Crippen LogP contribution in [0.5, 0.6) is 0 Å². The Morgan fingerprint density at radius 2 is 2.17 bits per heavy atom. The van der Waals surface area contributed by atoms with Gasteiger partial charge in [0.1, 0.15) is 17.6 Å². The fraction of sp³-hybridized carbons (Fsp3) is 0.278. The first-order valence-corrected chi connectivity index (χ1v) is 7.99. The Balaban J connectivity index is 1.56. The molecule has 3 aromatic rings. The topological polar surface area (TPSA) is 71.1 Å². The molecule has 1 aliphatic rings. The van der Waals surface area contributed by atoms with Crippen LogP contribution in [0.3, 0.4) is 0 Å². The summed E-state index contributed by atoms with van der Waals surface area (Å²) in [6.45, 7) is 3.47. The average Bonchev–Trinajstić information content (AvgIpc) is 3.07. The molecule has 3 heterocycles. The number of hydrogen-bond donors (Lipinski definition) is 1. The van der Waals surface area contributed by atoms with Crippen molar-refractivity contribution in [3.8, 4) is 0 Å². The molecule has 1 aromatic carbocycles. The van der Waals surface area contributed by atoms with Gasteiger partial charge in [0.05, 0.1) is 18.7 Å². The third kappa shape index (κ3) is 2.76. The van der Waals surface area contributed by atoms with Crippen molar-refractivity contribution in [2.75, 3.05) is 19.7 Å². The van der Waals surface area contributed by atoms with Crippen LogP contribution in [0.4, 0.5) is 0 Å². The van der Waals surface area contributed by atoms with Gasteiger partial charge in [-0.05, 0) is 19.1 Å². The number of benzene rings is 1. The molecule has 24 heavy (non-hydrogen) atoms. The van der Waals surface area contributed by atoms with Crippen molar-refractivity contribution in [1.29, 1.82) is 0 Å². The lowest BCUT2D eigenvalue weighted by molar-refractivity contribution is -0.0266. The summed E-state index contributed by atoms with van der Waals surface area (Å²) in [5, 5.41) is 1.03. The normalized spacial score (nSPS) is 18.0. The lowest BCUT2D eigenvalue weighted by Crippen LogP contribution is -2.42. The zero-order valence-corrected chi connectivity index (χ0v) is 13.4. The molecule has 122 valence electrons. The minimum atomic E-state index is -0.225. The Hall–Kier alpha value is -2.73. The molecule has 0 aliphatic carbocycles. The lowest BCUT2D eigenvalue weighted by Gasteiger charge is -2.31. The van der Waals surface area contributed by atoms with Gasteiger partial charge in [-0.25, -0.2) is 9.97 Å². The van der Waals surface area contributed by atoms with Crippen molar-refractivity contribution in [2.24, 2.45) is 0 Å². The predicted molar refractivity (Wildman–Crippen MR) is 89.7 cm³/mol. The molecular weight excluding hydrogens is 304 g/mol. The second kappa shape index (κ2) is 6.05. The smallest absolute Gasteiger partial charge is 0.272 e. The van der Waals surface area contributed by atoms with E-state index in [4.69, 9.17) is 4.74 Å². The summed E-state index contributed by atoms with van der Waals surface area (Å²) in [5.41, 5.74) is 2.27. The highest BCUT2D eigenvalue weighted by Gasteiger charge is 2.28. The van der Waals surface area contributed by atoms with E-state index in [0.717, 1.165) is 22.4 Å². The van der Waals surface area contributed by atoms with Crippen molar-refractivity contribution < 1.29 is 9.53 Å². The number of rotatable bonds is 2. The number of aromatic amines is 1. The molecule has 0 saturated carbocycles. The molecule has 1 aliphatic heterocycles. The average molecular weight is 322 g/mol. The molecule has 6 nitrogen and oxygen atoms in total. The zero-order valence-electron chi connectivity index (χ0n) is 13.4. The van der Waals surface area contributed by atoms with E-state index in [-0.39, 0.29) is 12.0 Å². The van der Waals surface area contributed by atoms with Gasteiger partial charge < -0.3 is 14.6 Å². The molecule has 0 bridgehead atoms. The number of nitrogens with one attached hydrogen (secondary N) is 1. The number of amides is 1. The number of ether oxygens (including phenoxy) is 1. The highest BCUT2D eigenvalue weighted by molar-refractivity contribution is 5.95. The van der Waals surface area contributed by atoms with E-state index in [2.05, 4.69) is 15.0 Å². The van der Waals surface area contributed by atoms with Crippen molar-refractivity contribution in [3.05, 3.63) is 59.8 Å². The molecule has 4 rings (SSSR count). The van der Waals surface area contributed by atoms with E-state index in [1.165, 1.54) is 0 Å². The van der Waals surface area contributed by atoms with Crippen LogP contribution in [0.15, 0.2) is 42.6 Å². The zero-order chi connectivity index (χ0) is 16.5. The van der Waals surface area contributed by atoms with Gasteiger partial charge in [-0.2, -0.15) is 0 Å². The first-order chi connectivity index (χ1) is 11.7. The maximum absolute atomic E-state index is 12.8. The van der Waals surface area contributed by atoms with Crippen LogP contribution in [-0.4, -0.2) is 45.5 Å². The Morgan fingerprint density at radius 1 is 1.29 bits per heavy atom. The molecule has 6 heteroatoms. The second-order valence-corrected chi connectivity index (χ2v) is 5.95. The number of aryl methyl sites for hydroxylation is 1. The molecule has 0 unspecified atom stereocenters. The minimum Gasteiger partial charge on any atom is -0.367 e. The van der Waals surface area contributed by atoms with Gasteiger partial charge in [0.2, 0.25) is 0 Å². The number of para-hydroxylation sites is 1. The van der Waals surface area contributed by atoms with Gasteiger partial charge in [-0.15, -0.1) is 0 Å². The number of pyridine rings is 1. The van der Waals surface area contributed by atoms with Crippen LogP contribution >= 0.6 is 0 Å². The molecule has 2 aromatic heterocycles. The van der Waals surface area contributed by atoms with E-state index < -0.39 is 0 Å². The molecule has 1 amide bonds. The van der Waals surface area contributed by atoms with Gasteiger partial charge in [-0.3, -0.25) is 4.79 Å². The van der Waals surface area contributed by atoms with Gasteiger partial charge in [-0.1, -0.05) is 24.3 Å². The van der Waals surface area contributed by atoms with E-state index >= 15 is 0 Å². The highest BCUT2D eigenvalue weighted by Crippen LogP contribution is 2.21. The molecule has 1 fully saturated rings. The number of carbonyl (C=O) groups excluding carboxylic acids is 1. The standard InChI is InChI=1S/C18H18N4O2/c1-12-10-19-17(20-12)16-11-22(8-9-24-16)18(23)15-7-6-13-4-2-3-5-14(13)21-15/h2-7,10,16H,8-9,11H2,1H3,(H,19,20)/t16-/m1/s1. The van der Waals surface area contributed by atoms with Gasteiger partial charge in [0.25, 0.3) is 5.91 Å². The number of imidazole rings is 1. The fourth-order valence-corrected chi connectivity index (χ4v) is 2.94. The number of H-pyrrole nitrogens is 1. The lowest BCUT2D eigenvalue weighted by atomic mass is 10.2. The van der Waals surface area contributed by atoms with E-state index in [1.807, 2.05) is 37.3 Å². The number of morpholine rings is 1. The number of aromatic nitrogens is 3. The number of nitrogens with zero attached hydrogens (tertiary/aromatic N) is 3. The fourth-order valence-electron chi connectivity index (χ4n) is 2.94. The number of carbonyl (C=O) groups is 1. The monoisotopic (exact) mass is 322 g/mol. The molecular formula is C18H18N4O2. The van der Waals surface area contributed by atoms with Crippen molar-refractivity contribution in [3.63, 3.8) is 0 Å². The van der Waals surface area contributed by atoms with Crippen LogP contribution < -0.4 is 0 Å². The van der Waals surface area contributed by atoms with Crippen LogP contribution in [-0.2, 0) is 4.74 Å². The maximum Gasteiger partial charge on any atom is 0.272 e. The number of fused-ring (bicyclic) bond motifs is 1. The summed E-state index contributed by atoms with van der Waals surface area (Å²) in [5.74, 6) is 0.689. The summed E-state index contributed by atoms with van der Waals surface area (Å²) in [7, 11) is 0. The first kappa shape index (κ1) is 14.8. The molecule has 0 spiro atoms. The second-order valence-electron chi connectivity index (χ2n) is 5.95. The van der Waals surface area contributed by atoms with E-state index in [9.17, 15) is 4.79 Å². The molecule has 1 N–H and O–H groups in total. The molecule has 0 radical (unpaired) electrons. The summed E-state index contributed by atoms with van der Waals surface area (Å²) in [4.78, 5) is 26.6. The molecule has 1 atom stereocenters. The SMILES string of the molecule is Cc1cnc([C@H]2CN(C(=O)c3ccc4ccccc4n3)CCO2)[nH]1. The third-order valence-corrected chi connectivity index (χ3v) is 4.20. The van der Waals surface area contributed by atoms with Gasteiger partial charge in [0, 0.05) is 23.8 Å². The minimum absolute atomic E-state index is 0.0719. The summed E-state index contributed by atoms with van der Waals surface area (Å²) in [6, 6.07) is 11.5. The first-order valence-electron chi connectivity index (χ1n) is 7.99. The summed E-state index contributed by atoms with van der Waals surface area (Å²) < 4.78 is 5.76. The van der Waals surface area contributed by atoms with Crippen LogP contribution in [0.1, 0.15) is 28.1 Å². The quantitative estimate of drug-likeness (QED) is 0.787. The Bertz CT molecular complexity index is 889. The molecule has 1 saturated heterocycles. The third-order valence-electron chi connectivity index (χ3n) is 4.20. The van der Waals surface area contributed by atoms with Crippen molar-refractivity contribution in [1.82, 2.24) is 19.9 Å².